The zero-order valence-electron chi connectivity index (χ0n) is 11.4. The number of aromatic nitrogens is 1. The standard InChI is InChI=1S/C16H21NO/c1-16(2,3)15(18)9-7-12-6-8-14-13(11-12)5-4-10-17-14/h4-6,8,10-11,15,18H,7,9H2,1-3H3. The smallest absolute Gasteiger partial charge is 0.0702 e. The van der Waals surface area contributed by atoms with Gasteiger partial charge in [0.1, 0.15) is 0 Å². The van der Waals surface area contributed by atoms with Crippen LogP contribution in [0.4, 0.5) is 0 Å². The lowest BCUT2D eigenvalue weighted by Gasteiger charge is -2.25. The number of rotatable bonds is 3. The van der Waals surface area contributed by atoms with Gasteiger partial charge in [-0.05, 0) is 42.0 Å². The second-order valence-electron chi connectivity index (χ2n) is 5.95. The number of hydrogen-bond donors (Lipinski definition) is 1. The molecule has 1 aromatic heterocycles. The maximum atomic E-state index is 10.0. The van der Waals surface area contributed by atoms with Gasteiger partial charge in [-0.2, -0.15) is 0 Å². The lowest BCUT2D eigenvalue weighted by Crippen LogP contribution is -2.26. The fourth-order valence-corrected chi connectivity index (χ4v) is 2.02. The van der Waals surface area contributed by atoms with E-state index in [1.54, 1.807) is 0 Å². The number of hydrogen-bond acceptors (Lipinski definition) is 2. The first-order valence-electron chi connectivity index (χ1n) is 6.48. The third kappa shape index (κ3) is 3.08. The van der Waals surface area contributed by atoms with Crippen molar-refractivity contribution in [2.45, 2.75) is 39.7 Å². The van der Waals surface area contributed by atoms with Crippen LogP contribution in [0.1, 0.15) is 32.8 Å². The third-order valence-corrected chi connectivity index (χ3v) is 3.37. The SMILES string of the molecule is CC(C)(C)C(O)CCc1ccc2ncccc2c1. The minimum Gasteiger partial charge on any atom is -0.393 e. The van der Waals surface area contributed by atoms with Crippen LogP contribution >= 0.6 is 0 Å². The van der Waals surface area contributed by atoms with Gasteiger partial charge in [0, 0.05) is 11.6 Å². The molecule has 2 nitrogen and oxygen atoms in total. The van der Waals surface area contributed by atoms with Crippen LogP contribution in [0, 0.1) is 5.41 Å². The predicted octanol–water partition coefficient (Wildman–Crippen LogP) is 3.57. The molecule has 0 bridgehead atoms. The van der Waals surface area contributed by atoms with Crippen LogP contribution in [0.15, 0.2) is 36.5 Å². The van der Waals surface area contributed by atoms with Crippen molar-refractivity contribution < 1.29 is 5.11 Å². The number of aliphatic hydroxyl groups excluding tert-OH is 1. The van der Waals surface area contributed by atoms with Crippen LogP contribution in [-0.2, 0) is 6.42 Å². The van der Waals surface area contributed by atoms with Gasteiger partial charge in [0.25, 0.3) is 0 Å². The summed E-state index contributed by atoms with van der Waals surface area (Å²) in [4.78, 5) is 4.31. The lowest BCUT2D eigenvalue weighted by atomic mass is 9.86. The number of pyridine rings is 1. The summed E-state index contributed by atoms with van der Waals surface area (Å²) in [5.74, 6) is 0. The van der Waals surface area contributed by atoms with E-state index < -0.39 is 0 Å². The first kappa shape index (κ1) is 13.0. The van der Waals surface area contributed by atoms with Gasteiger partial charge in [-0.15, -0.1) is 0 Å². The largest absolute Gasteiger partial charge is 0.393 e. The third-order valence-electron chi connectivity index (χ3n) is 3.37. The molecule has 2 heteroatoms. The quantitative estimate of drug-likeness (QED) is 0.894. The highest BCUT2D eigenvalue weighted by Crippen LogP contribution is 2.23. The van der Waals surface area contributed by atoms with Crippen LogP contribution in [0.25, 0.3) is 10.9 Å². The Balaban J connectivity index is 2.08. The van der Waals surface area contributed by atoms with E-state index in [9.17, 15) is 5.11 Å². The molecule has 0 amide bonds. The summed E-state index contributed by atoms with van der Waals surface area (Å²) >= 11 is 0. The van der Waals surface area contributed by atoms with E-state index in [2.05, 4.69) is 44.0 Å². The first-order valence-corrected chi connectivity index (χ1v) is 6.48. The van der Waals surface area contributed by atoms with Gasteiger partial charge in [0.15, 0.2) is 0 Å². The Labute approximate surface area is 109 Å². The molecule has 0 saturated carbocycles. The molecule has 18 heavy (non-hydrogen) atoms. The molecule has 1 N–H and O–H groups in total. The van der Waals surface area contributed by atoms with E-state index >= 15 is 0 Å². The topological polar surface area (TPSA) is 33.1 Å². The molecule has 1 atom stereocenters. The van der Waals surface area contributed by atoms with E-state index in [1.807, 2.05) is 18.3 Å². The Bertz CT molecular complexity index is 528. The minimum atomic E-state index is -0.262. The highest BCUT2D eigenvalue weighted by atomic mass is 16.3. The van der Waals surface area contributed by atoms with Gasteiger partial charge < -0.3 is 5.11 Å². The van der Waals surface area contributed by atoms with Crippen LogP contribution in [0.3, 0.4) is 0 Å². The van der Waals surface area contributed by atoms with Crippen molar-refractivity contribution in [2.75, 3.05) is 0 Å². The van der Waals surface area contributed by atoms with E-state index in [4.69, 9.17) is 0 Å². The summed E-state index contributed by atoms with van der Waals surface area (Å²) in [6, 6.07) is 10.3. The van der Waals surface area contributed by atoms with Crippen LogP contribution in [0.2, 0.25) is 0 Å². The summed E-state index contributed by atoms with van der Waals surface area (Å²) < 4.78 is 0. The average Bonchev–Trinajstić information content (AvgIpc) is 2.34. The van der Waals surface area contributed by atoms with Crippen molar-refractivity contribution in [3.63, 3.8) is 0 Å². The number of aliphatic hydroxyl groups is 1. The van der Waals surface area contributed by atoms with Crippen molar-refractivity contribution in [2.24, 2.45) is 5.41 Å². The van der Waals surface area contributed by atoms with Gasteiger partial charge in [-0.1, -0.05) is 32.9 Å². The molecule has 96 valence electrons. The summed E-state index contributed by atoms with van der Waals surface area (Å²) in [5, 5.41) is 11.2. The zero-order valence-corrected chi connectivity index (χ0v) is 11.4. The Morgan fingerprint density at radius 2 is 2.00 bits per heavy atom. The molecule has 2 rings (SSSR count). The summed E-state index contributed by atoms with van der Waals surface area (Å²) in [6.07, 6.45) is 3.26. The van der Waals surface area contributed by atoms with Gasteiger partial charge in [-0.3, -0.25) is 4.98 Å². The van der Waals surface area contributed by atoms with E-state index in [0.717, 1.165) is 18.4 Å². The number of benzene rings is 1. The maximum absolute atomic E-state index is 10.0. The van der Waals surface area contributed by atoms with Gasteiger partial charge in [-0.25, -0.2) is 0 Å². The molecule has 1 unspecified atom stereocenters. The molecule has 1 heterocycles. The fourth-order valence-electron chi connectivity index (χ4n) is 2.02. The minimum absolute atomic E-state index is 0.0433. The average molecular weight is 243 g/mol. The number of fused-ring (bicyclic) bond motifs is 1. The Kier molecular flexibility index (Phi) is 3.67. The predicted molar refractivity (Wildman–Crippen MR) is 75.5 cm³/mol. The highest BCUT2D eigenvalue weighted by molar-refractivity contribution is 5.78. The van der Waals surface area contributed by atoms with Crippen molar-refractivity contribution in [1.29, 1.82) is 0 Å². The summed E-state index contributed by atoms with van der Waals surface area (Å²) in [6.45, 7) is 6.21. The van der Waals surface area contributed by atoms with Crippen LogP contribution in [-0.4, -0.2) is 16.2 Å². The fraction of sp³-hybridized carbons (Fsp3) is 0.438. The molecular weight excluding hydrogens is 222 g/mol. The van der Waals surface area contributed by atoms with Crippen LogP contribution < -0.4 is 0 Å². The Morgan fingerprint density at radius 3 is 2.72 bits per heavy atom. The van der Waals surface area contributed by atoms with Crippen molar-refractivity contribution in [1.82, 2.24) is 4.98 Å². The van der Waals surface area contributed by atoms with Crippen LogP contribution in [0.5, 0.6) is 0 Å². The van der Waals surface area contributed by atoms with E-state index in [1.165, 1.54) is 10.9 Å². The molecule has 0 spiro atoms. The zero-order chi connectivity index (χ0) is 13.2. The normalized spacial score (nSPS) is 13.8. The molecule has 0 aliphatic heterocycles. The molecule has 0 aliphatic carbocycles. The Hall–Kier alpha value is -1.41. The molecular formula is C16H21NO. The lowest BCUT2D eigenvalue weighted by molar-refractivity contribution is 0.0560. The highest BCUT2D eigenvalue weighted by Gasteiger charge is 2.21. The second-order valence-corrected chi connectivity index (χ2v) is 5.95. The van der Waals surface area contributed by atoms with Crippen molar-refractivity contribution >= 4 is 10.9 Å². The van der Waals surface area contributed by atoms with Crippen molar-refractivity contribution in [3.8, 4) is 0 Å². The molecule has 0 fully saturated rings. The number of nitrogens with zero attached hydrogens (tertiary/aromatic N) is 1. The van der Waals surface area contributed by atoms with Gasteiger partial charge in [0.05, 0.1) is 11.6 Å². The Morgan fingerprint density at radius 1 is 1.22 bits per heavy atom. The summed E-state index contributed by atoms with van der Waals surface area (Å²) in [5.41, 5.74) is 2.25. The second kappa shape index (κ2) is 5.07. The van der Waals surface area contributed by atoms with Gasteiger partial charge >= 0.3 is 0 Å². The van der Waals surface area contributed by atoms with Crippen molar-refractivity contribution in [3.05, 3.63) is 42.1 Å². The molecule has 0 radical (unpaired) electrons. The molecule has 2 aromatic rings. The molecule has 1 aromatic carbocycles. The maximum Gasteiger partial charge on any atom is 0.0702 e. The molecule has 0 aliphatic rings. The monoisotopic (exact) mass is 243 g/mol. The molecule has 0 saturated heterocycles. The summed E-state index contributed by atoms with van der Waals surface area (Å²) in [7, 11) is 0. The van der Waals surface area contributed by atoms with Gasteiger partial charge in [0.2, 0.25) is 0 Å². The van der Waals surface area contributed by atoms with E-state index in [0.29, 0.717) is 0 Å². The number of aryl methyl sites for hydroxylation is 1. The van der Waals surface area contributed by atoms with E-state index in [-0.39, 0.29) is 11.5 Å². The first-order chi connectivity index (χ1) is 8.47.